The molecule has 1 aliphatic rings. The van der Waals surface area contributed by atoms with E-state index in [9.17, 15) is 9.59 Å². The summed E-state index contributed by atoms with van der Waals surface area (Å²) >= 11 is 0. The Hall–Kier alpha value is -4.57. The molecule has 2 amide bonds. The maximum absolute atomic E-state index is 15.7. The molecule has 1 saturated heterocycles. The van der Waals surface area contributed by atoms with Gasteiger partial charge in [-0.25, -0.2) is 14.4 Å². The number of nitrogen functional groups attached to an aromatic ring is 1. The minimum atomic E-state index is -0.605. The van der Waals surface area contributed by atoms with Crippen LogP contribution < -0.4 is 21.7 Å². The molecule has 0 saturated carbocycles. The van der Waals surface area contributed by atoms with Gasteiger partial charge < -0.3 is 26.6 Å². The fourth-order valence-electron chi connectivity index (χ4n) is 4.81. The smallest absolute Gasteiger partial charge is 0.255 e. The van der Waals surface area contributed by atoms with Crippen molar-refractivity contribution in [1.82, 2.24) is 14.9 Å². The Balaban J connectivity index is 1.42. The number of rotatable bonds is 6. The lowest BCUT2D eigenvalue weighted by atomic mass is 9.97. The zero-order chi connectivity index (χ0) is 27.7. The summed E-state index contributed by atoms with van der Waals surface area (Å²) in [6.07, 6.45) is -0.192. The molecule has 0 unspecified atom stereocenters. The molecular formula is C29H30FN7O2. The Labute approximate surface area is 225 Å². The van der Waals surface area contributed by atoms with Crippen molar-refractivity contribution < 1.29 is 14.0 Å². The maximum Gasteiger partial charge on any atom is 0.255 e. The third-order valence-corrected chi connectivity index (χ3v) is 6.97. The molecular weight excluding hydrogens is 497 g/mol. The lowest BCUT2D eigenvalue weighted by molar-refractivity contribution is -0.117. The normalized spacial score (nSPS) is 14.0. The van der Waals surface area contributed by atoms with Gasteiger partial charge in [-0.05, 0) is 67.6 Å². The minimum Gasteiger partial charge on any atom is -0.383 e. The first kappa shape index (κ1) is 26.1. The van der Waals surface area contributed by atoms with Gasteiger partial charge in [0.2, 0.25) is 5.91 Å². The van der Waals surface area contributed by atoms with E-state index in [0.717, 1.165) is 37.4 Å². The van der Waals surface area contributed by atoms with Gasteiger partial charge in [-0.3, -0.25) is 9.59 Å². The van der Waals surface area contributed by atoms with Gasteiger partial charge in [0.05, 0.1) is 17.3 Å². The Morgan fingerprint density at radius 3 is 2.51 bits per heavy atom. The fraction of sp³-hybridized carbons (Fsp3) is 0.241. The van der Waals surface area contributed by atoms with Gasteiger partial charge in [0.25, 0.3) is 5.91 Å². The number of carbonyl (C=O) groups excluding carboxylic acids is 2. The van der Waals surface area contributed by atoms with Gasteiger partial charge in [0.15, 0.2) is 0 Å². The van der Waals surface area contributed by atoms with Crippen molar-refractivity contribution in [2.24, 2.45) is 5.73 Å². The number of anilines is 3. The molecule has 0 atom stereocenters. The highest BCUT2D eigenvalue weighted by atomic mass is 19.1. The number of nitrogens with zero attached hydrogens (tertiary/aromatic N) is 4. The standard InChI is InChI=1S/C29H30FN7O2/c1-17-6-7-19(33-29(39)18-4-3-5-20(14-18)37-12-10-36(2)11-13-37)15-22(17)21-8-9-23-26(27(21)30)28(32)35-25(34-23)16-24(31)38/h3-9,14-15H,10-13,16H2,1-2H3,(H2,31,38)(H,33,39)(H2,32,34,35). The number of aryl methyl sites for hydroxylation is 1. The van der Waals surface area contributed by atoms with Crippen LogP contribution in [0.15, 0.2) is 54.6 Å². The molecule has 0 bridgehead atoms. The summed E-state index contributed by atoms with van der Waals surface area (Å²) in [6.45, 7) is 5.62. The van der Waals surface area contributed by atoms with E-state index < -0.39 is 11.7 Å². The number of nitrogens with one attached hydrogen (secondary N) is 1. The SMILES string of the molecule is Cc1ccc(NC(=O)c2cccc(N3CCN(C)CC3)c2)cc1-c1ccc2nc(CC(N)=O)nc(N)c2c1F. The second-order valence-electron chi connectivity index (χ2n) is 9.81. The first-order valence-electron chi connectivity index (χ1n) is 12.7. The zero-order valence-electron chi connectivity index (χ0n) is 21.9. The first-order chi connectivity index (χ1) is 18.7. The zero-order valence-corrected chi connectivity index (χ0v) is 21.9. The highest BCUT2D eigenvalue weighted by molar-refractivity contribution is 6.05. The molecule has 5 rings (SSSR count). The van der Waals surface area contributed by atoms with E-state index in [1.165, 1.54) is 0 Å². The summed E-state index contributed by atoms with van der Waals surface area (Å²) in [4.78, 5) is 37.2. The highest BCUT2D eigenvalue weighted by Gasteiger charge is 2.19. The number of hydrogen-bond donors (Lipinski definition) is 3. The van der Waals surface area contributed by atoms with Crippen LogP contribution in [0.5, 0.6) is 0 Å². The van der Waals surface area contributed by atoms with Crippen LogP contribution in [-0.4, -0.2) is 59.9 Å². The van der Waals surface area contributed by atoms with E-state index in [0.29, 0.717) is 22.4 Å². The molecule has 0 aliphatic carbocycles. The molecule has 10 heteroatoms. The minimum absolute atomic E-state index is 0.0651. The number of carbonyl (C=O) groups is 2. The molecule has 9 nitrogen and oxygen atoms in total. The van der Waals surface area contributed by atoms with Gasteiger partial charge >= 0.3 is 0 Å². The Morgan fingerprint density at radius 1 is 1.00 bits per heavy atom. The number of fused-ring (bicyclic) bond motifs is 1. The number of aromatic nitrogens is 2. The number of primary amides is 1. The van der Waals surface area contributed by atoms with E-state index in [-0.39, 0.29) is 34.9 Å². The van der Waals surface area contributed by atoms with Crippen LogP contribution >= 0.6 is 0 Å². The number of benzene rings is 3. The van der Waals surface area contributed by atoms with Crippen LogP contribution in [0.25, 0.3) is 22.0 Å². The predicted octanol–water partition coefficient (Wildman–Crippen LogP) is 3.36. The Bertz CT molecular complexity index is 1580. The molecule has 0 radical (unpaired) electrons. The van der Waals surface area contributed by atoms with Crippen molar-refractivity contribution in [3.63, 3.8) is 0 Å². The van der Waals surface area contributed by atoms with Gasteiger partial charge in [-0.15, -0.1) is 0 Å². The average Bonchev–Trinajstić information content (AvgIpc) is 2.90. The van der Waals surface area contributed by atoms with Crippen molar-refractivity contribution in [3.05, 3.63) is 77.4 Å². The summed E-state index contributed by atoms with van der Waals surface area (Å²) in [5.74, 6) is -1.37. The largest absolute Gasteiger partial charge is 0.383 e. The fourth-order valence-corrected chi connectivity index (χ4v) is 4.81. The Kier molecular flexibility index (Phi) is 7.12. The van der Waals surface area contributed by atoms with Gasteiger partial charge in [-0.2, -0.15) is 0 Å². The summed E-state index contributed by atoms with van der Waals surface area (Å²) in [6, 6.07) is 16.2. The number of likely N-dealkylation sites (N-methyl/N-ethyl adjacent to an activating group) is 1. The highest BCUT2D eigenvalue weighted by Crippen LogP contribution is 2.34. The summed E-state index contributed by atoms with van der Waals surface area (Å²) in [5, 5.41) is 3.01. The van der Waals surface area contributed by atoms with Crippen molar-refractivity contribution in [2.75, 3.05) is 49.2 Å². The number of hydrogen-bond acceptors (Lipinski definition) is 7. The molecule has 4 aromatic rings. The maximum atomic E-state index is 15.7. The molecule has 200 valence electrons. The van der Waals surface area contributed by atoms with Crippen LogP contribution in [0, 0.1) is 12.7 Å². The summed E-state index contributed by atoms with van der Waals surface area (Å²) in [7, 11) is 2.10. The van der Waals surface area contributed by atoms with Crippen LogP contribution in [0.1, 0.15) is 21.7 Å². The van der Waals surface area contributed by atoms with E-state index in [4.69, 9.17) is 11.5 Å². The van der Waals surface area contributed by atoms with Gasteiger partial charge in [0, 0.05) is 48.7 Å². The van der Waals surface area contributed by atoms with Crippen molar-refractivity contribution in [1.29, 1.82) is 0 Å². The average molecular weight is 528 g/mol. The topological polar surface area (TPSA) is 130 Å². The summed E-state index contributed by atoms with van der Waals surface area (Å²) in [5.41, 5.74) is 15.4. The lowest BCUT2D eigenvalue weighted by Crippen LogP contribution is -2.44. The van der Waals surface area contributed by atoms with E-state index in [2.05, 4.69) is 32.1 Å². The molecule has 5 N–H and O–H groups in total. The summed E-state index contributed by atoms with van der Waals surface area (Å²) < 4.78 is 15.7. The number of halogens is 1. The first-order valence-corrected chi connectivity index (χ1v) is 12.7. The third-order valence-electron chi connectivity index (χ3n) is 6.97. The molecule has 1 fully saturated rings. The number of amides is 2. The van der Waals surface area contributed by atoms with Crippen LogP contribution in [0.4, 0.5) is 21.6 Å². The number of piperazine rings is 1. The molecule has 2 heterocycles. The van der Waals surface area contributed by atoms with Crippen molar-refractivity contribution >= 4 is 39.9 Å². The van der Waals surface area contributed by atoms with E-state index in [1.54, 1.807) is 30.3 Å². The van der Waals surface area contributed by atoms with E-state index >= 15 is 4.39 Å². The second-order valence-corrected chi connectivity index (χ2v) is 9.81. The van der Waals surface area contributed by atoms with Gasteiger partial charge in [0.1, 0.15) is 17.5 Å². The third kappa shape index (κ3) is 5.51. The number of nitrogens with two attached hydrogens (primary N) is 2. The Morgan fingerprint density at radius 2 is 1.77 bits per heavy atom. The predicted molar refractivity (Wildman–Crippen MR) is 151 cm³/mol. The van der Waals surface area contributed by atoms with Crippen molar-refractivity contribution in [3.8, 4) is 11.1 Å². The molecule has 1 aromatic heterocycles. The second kappa shape index (κ2) is 10.7. The van der Waals surface area contributed by atoms with E-state index in [1.807, 2.05) is 31.2 Å². The molecule has 1 aliphatic heterocycles. The monoisotopic (exact) mass is 527 g/mol. The lowest BCUT2D eigenvalue weighted by Gasteiger charge is -2.34. The van der Waals surface area contributed by atoms with Crippen molar-refractivity contribution in [2.45, 2.75) is 13.3 Å². The quantitative estimate of drug-likeness (QED) is 0.351. The van der Waals surface area contributed by atoms with Crippen LogP contribution in [-0.2, 0) is 11.2 Å². The molecule has 3 aromatic carbocycles. The van der Waals surface area contributed by atoms with Crippen LogP contribution in [0.3, 0.4) is 0 Å². The molecule has 0 spiro atoms. The van der Waals surface area contributed by atoms with Gasteiger partial charge in [-0.1, -0.05) is 12.1 Å². The van der Waals surface area contributed by atoms with Crippen LogP contribution in [0.2, 0.25) is 0 Å². The molecule has 39 heavy (non-hydrogen) atoms.